The number of halogens is 1. The van der Waals surface area contributed by atoms with E-state index in [1.807, 2.05) is 26.0 Å². The zero-order valence-corrected chi connectivity index (χ0v) is 15.2. The summed E-state index contributed by atoms with van der Waals surface area (Å²) in [6, 6.07) is 4.08. The highest BCUT2D eigenvalue weighted by Gasteiger charge is 2.62. The van der Waals surface area contributed by atoms with Crippen LogP contribution in [0.25, 0.3) is 0 Å². The Kier molecular flexibility index (Phi) is 3.47. The Morgan fingerprint density at radius 3 is 2.12 bits per heavy atom. The number of allylic oxidation sites excluding steroid dienone is 4. The van der Waals surface area contributed by atoms with Crippen molar-refractivity contribution in [3.8, 4) is 0 Å². The van der Waals surface area contributed by atoms with Gasteiger partial charge in [-0.3, -0.25) is 19.7 Å². The zero-order valence-electron chi connectivity index (χ0n) is 13.6. The zero-order chi connectivity index (χ0) is 18.0. The van der Waals surface area contributed by atoms with Gasteiger partial charge in [0.2, 0.25) is 11.8 Å². The van der Waals surface area contributed by atoms with E-state index in [4.69, 9.17) is 0 Å². The van der Waals surface area contributed by atoms with E-state index in [0.29, 0.717) is 10.2 Å². The summed E-state index contributed by atoms with van der Waals surface area (Å²) in [5, 5.41) is 10.9. The van der Waals surface area contributed by atoms with Gasteiger partial charge in [-0.1, -0.05) is 23.3 Å². The molecular weight excluding hydrogens is 388 g/mol. The Balaban J connectivity index is 1.75. The van der Waals surface area contributed by atoms with Crippen LogP contribution in [0.2, 0.25) is 0 Å². The smallest absolute Gasteiger partial charge is 0.270 e. The number of imide groups is 1. The minimum atomic E-state index is -0.512. The first-order valence-electron chi connectivity index (χ1n) is 8.00. The van der Waals surface area contributed by atoms with Gasteiger partial charge >= 0.3 is 0 Å². The highest BCUT2D eigenvalue weighted by atomic mass is 79.9. The molecule has 1 heterocycles. The summed E-state index contributed by atoms with van der Waals surface area (Å²) in [5.74, 6) is -1.21. The highest BCUT2D eigenvalue weighted by Crippen LogP contribution is 2.57. The van der Waals surface area contributed by atoms with Crippen molar-refractivity contribution in [3.05, 3.63) is 56.1 Å². The van der Waals surface area contributed by atoms with Gasteiger partial charge in [0.25, 0.3) is 5.69 Å². The van der Waals surface area contributed by atoms with E-state index in [1.54, 1.807) is 0 Å². The first kappa shape index (κ1) is 16.2. The molecule has 0 aromatic heterocycles. The standard InChI is InChI=1S/C18H15BrN2O4/c1-8(2)14-10-4-5-11(14)16-15(10)17(22)20(18(16)23)13-6-3-9(21(24)25)7-12(13)19/h3-7,10-11,15-16H,1-2H3/t10-,11-,15+,16+/m1/s1. The fourth-order valence-electron chi connectivity index (χ4n) is 4.46. The van der Waals surface area contributed by atoms with Crippen LogP contribution in [0, 0.1) is 33.8 Å². The van der Waals surface area contributed by atoms with E-state index < -0.39 is 4.92 Å². The molecule has 3 aliphatic rings. The summed E-state index contributed by atoms with van der Waals surface area (Å²) in [7, 11) is 0. The summed E-state index contributed by atoms with van der Waals surface area (Å²) in [6.45, 7) is 4.03. The Hall–Kier alpha value is -2.28. The summed E-state index contributed by atoms with van der Waals surface area (Å²) in [4.78, 5) is 37.6. The van der Waals surface area contributed by atoms with Crippen molar-refractivity contribution < 1.29 is 14.5 Å². The van der Waals surface area contributed by atoms with E-state index in [1.165, 1.54) is 28.7 Å². The quantitative estimate of drug-likeness (QED) is 0.327. The van der Waals surface area contributed by atoms with Gasteiger partial charge in [0.1, 0.15) is 0 Å². The van der Waals surface area contributed by atoms with Gasteiger partial charge in [-0.25, -0.2) is 4.90 Å². The molecule has 2 aliphatic carbocycles. The van der Waals surface area contributed by atoms with E-state index >= 15 is 0 Å². The van der Waals surface area contributed by atoms with Gasteiger partial charge in [0, 0.05) is 28.4 Å². The van der Waals surface area contributed by atoms with Crippen LogP contribution >= 0.6 is 15.9 Å². The van der Waals surface area contributed by atoms with E-state index in [0.717, 1.165) is 5.57 Å². The molecule has 1 aliphatic heterocycles. The Morgan fingerprint density at radius 1 is 1.12 bits per heavy atom. The van der Waals surface area contributed by atoms with Crippen LogP contribution in [0.5, 0.6) is 0 Å². The molecule has 7 heteroatoms. The molecule has 1 saturated heterocycles. The highest BCUT2D eigenvalue weighted by molar-refractivity contribution is 9.10. The second kappa shape index (κ2) is 5.36. The van der Waals surface area contributed by atoms with Crippen molar-refractivity contribution >= 4 is 39.1 Å². The SMILES string of the molecule is CC(C)=C1[C@H]2C=C[C@H]1[C@@H]1C(=O)N(c3ccc([N+](=O)[O-])cc3Br)C(=O)[C@H]12. The molecule has 1 aromatic rings. The van der Waals surface area contributed by atoms with Crippen LogP contribution in [0.4, 0.5) is 11.4 Å². The molecule has 1 saturated carbocycles. The summed E-state index contributed by atoms with van der Waals surface area (Å²) < 4.78 is 0.367. The number of fused-ring (bicyclic) bond motifs is 5. The predicted molar refractivity (Wildman–Crippen MR) is 94.8 cm³/mol. The van der Waals surface area contributed by atoms with Crippen molar-refractivity contribution in [1.82, 2.24) is 0 Å². The lowest BCUT2D eigenvalue weighted by Gasteiger charge is -2.20. The molecule has 2 amide bonds. The number of anilines is 1. The third-order valence-electron chi connectivity index (χ3n) is 5.38. The molecule has 2 fully saturated rings. The molecule has 2 bridgehead atoms. The number of nitrogens with zero attached hydrogens (tertiary/aromatic N) is 2. The first-order valence-corrected chi connectivity index (χ1v) is 8.79. The normalized spacial score (nSPS) is 29.6. The first-order chi connectivity index (χ1) is 11.8. The van der Waals surface area contributed by atoms with Gasteiger partial charge in [-0.05, 0) is 35.8 Å². The molecule has 0 spiro atoms. The molecule has 4 rings (SSSR count). The fraction of sp³-hybridized carbons (Fsp3) is 0.333. The third-order valence-corrected chi connectivity index (χ3v) is 6.01. The molecule has 0 radical (unpaired) electrons. The number of nitro groups is 1. The van der Waals surface area contributed by atoms with E-state index in [-0.39, 0.29) is 41.2 Å². The molecule has 0 N–H and O–H groups in total. The summed E-state index contributed by atoms with van der Waals surface area (Å²) >= 11 is 3.27. The van der Waals surface area contributed by atoms with Crippen molar-refractivity contribution in [2.24, 2.45) is 23.7 Å². The van der Waals surface area contributed by atoms with Crippen molar-refractivity contribution in [2.45, 2.75) is 13.8 Å². The van der Waals surface area contributed by atoms with Crippen molar-refractivity contribution in [2.75, 3.05) is 4.90 Å². The Bertz CT molecular complexity index is 866. The van der Waals surface area contributed by atoms with Crippen LogP contribution in [-0.4, -0.2) is 16.7 Å². The monoisotopic (exact) mass is 402 g/mol. The summed E-state index contributed by atoms with van der Waals surface area (Å²) in [5.41, 5.74) is 2.63. The van der Waals surface area contributed by atoms with Crippen LogP contribution in [0.1, 0.15) is 13.8 Å². The number of non-ortho nitro benzene ring substituents is 1. The maximum absolute atomic E-state index is 13.0. The van der Waals surface area contributed by atoms with Gasteiger partial charge in [0.15, 0.2) is 0 Å². The topological polar surface area (TPSA) is 80.5 Å². The minimum Gasteiger partial charge on any atom is -0.274 e. The maximum Gasteiger partial charge on any atom is 0.270 e. The number of hydrogen-bond donors (Lipinski definition) is 0. The third kappa shape index (κ3) is 2.08. The lowest BCUT2D eigenvalue weighted by Crippen LogP contribution is -2.33. The van der Waals surface area contributed by atoms with E-state index in [2.05, 4.69) is 15.9 Å². The molecule has 6 nitrogen and oxygen atoms in total. The number of carbonyl (C=O) groups is 2. The number of hydrogen-bond acceptors (Lipinski definition) is 4. The average molecular weight is 403 g/mol. The molecular formula is C18H15BrN2O4. The van der Waals surface area contributed by atoms with Gasteiger partial charge in [-0.2, -0.15) is 0 Å². The number of nitro benzene ring substituents is 1. The minimum absolute atomic E-state index is 0.0155. The van der Waals surface area contributed by atoms with Crippen LogP contribution in [0.3, 0.4) is 0 Å². The molecule has 0 unspecified atom stereocenters. The Labute approximate surface area is 152 Å². The van der Waals surface area contributed by atoms with Crippen molar-refractivity contribution in [1.29, 1.82) is 0 Å². The average Bonchev–Trinajstić information content (AvgIpc) is 3.18. The molecule has 128 valence electrons. The fourth-order valence-corrected chi connectivity index (χ4v) is 5.00. The molecule has 1 aromatic carbocycles. The summed E-state index contributed by atoms with van der Waals surface area (Å²) in [6.07, 6.45) is 4.07. The largest absolute Gasteiger partial charge is 0.274 e. The second-order valence-corrected chi connectivity index (χ2v) is 7.70. The molecule has 25 heavy (non-hydrogen) atoms. The number of amides is 2. The second-order valence-electron chi connectivity index (χ2n) is 6.85. The van der Waals surface area contributed by atoms with E-state index in [9.17, 15) is 19.7 Å². The number of rotatable bonds is 2. The number of benzene rings is 1. The van der Waals surface area contributed by atoms with Crippen LogP contribution in [0.15, 0.2) is 46.0 Å². The van der Waals surface area contributed by atoms with Crippen molar-refractivity contribution in [3.63, 3.8) is 0 Å². The van der Waals surface area contributed by atoms with Gasteiger partial charge < -0.3 is 0 Å². The maximum atomic E-state index is 13.0. The number of carbonyl (C=O) groups excluding carboxylic acids is 2. The molecule has 4 atom stereocenters. The van der Waals surface area contributed by atoms with Crippen LogP contribution < -0.4 is 4.90 Å². The lowest BCUT2D eigenvalue weighted by atomic mass is 9.85. The lowest BCUT2D eigenvalue weighted by molar-refractivity contribution is -0.384. The van der Waals surface area contributed by atoms with Gasteiger partial charge in [-0.15, -0.1) is 0 Å². The Morgan fingerprint density at radius 2 is 1.68 bits per heavy atom. The van der Waals surface area contributed by atoms with Crippen LogP contribution in [-0.2, 0) is 9.59 Å². The van der Waals surface area contributed by atoms with Gasteiger partial charge in [0.05, 0.1) is 22.4 Å². The predicted octanol–water partition coefficient (Wildman–Crippen LogP) is 3.62.